The zero-order chi connectivity index (χ0) is 14.5. The molecule has 1 aromatic carbocycles. The highest BCUT2D eigenvalue weighted by molar-refractivity contribution is 5.95. The highest BCUT2D eigenvalue weighted by atomic mass is 16.5. The minimum Gasteiger partial charge on any atom is -0.380 e. The van der Waals surface area contributed by atoms with E-state index in [9.17, 15) is 9.59 Å². The molecule has 0 spiro atoms. The van der Waals surface area contributed by atoms with Crippen LogP contribution in [0.25, 0.3) is 0 Å². The molecule has 2 atom stereocenters. The average molecular weight is 276 g/mol. The van der Waals surface area contributed by atoms with Gasteiger partial charge in [0.25, 0.3) is 0 Å². The van der Waals surface area contributed by atoms with Gasteiger partial charge in [0, 0.05) is 20.1 Å². The summed E-state index contributed by atoms with van der Waals surface area (Å²) < 4.78 is 5.21. The topological polar surface area (TPSA) is 58.6 Å². The van der Waals surface area contributed by atoms with E-state index in [-0.39, 0.29) is 24.5 Å². The molecule has 5 nitrogen and oxygen atoms in total. The lowest BCUT2D eigenvalue weighted by molar-refractivity contribution is -0.147. The quantitative estimate of drug-likeness (QED) is 0.856. The number of hydrogen-bond acceptors (Lipinski definition) is 3. The standard InChI is InChI=1S/C15H20N2O3/c1-11(20-2)10-17-13(15(19)16-9-14(17)18)8-12-6-4-3-5-7-12/h3-7,11,13H,8-10H2,1-2H3,(H,16,19). The van der Waals surface area contributed by atoms with E-state index in [4.69, 9.17) is 4.74 Å². The number of piperazine rings is 1. The van der Waals surface area contributed by atoms with Crippen LogP contribution in [0.2, 0.25) is 0 Å². The normalized spacial score (nSPS) is 20.7. The Morgan fingerprint density at radius 3 is 2.70 bits per heavy atom. The first-order valence-corrected chi connectivity index (χ1v) is 6.75. The van der Waals surface area contributed by atoms with Crippen molar-refractivity contribution in [3.63, 3.8) is 0 Å². The summed E-state index contributed by atoms with van der Waals surface area (Å²) in [6, 6.07) is 9.26. The van der Waals surface area contributed by atoms with Gasteiger partial charge in [-0.25, -0.2) is 0 Å². The maximum Gasteiger partial charge on any atom is 0.243 e. The Hall–Kier alpha value is -1.88. The van der Waals surface area contributed by atoms with Gasteiger partial charge in [0.15, 0.2) is 0 Å². The van der Waals surface area contributed by atoms with E-state index in [0.717, 1.165) is 5.56 Å². The van der Waals surface area contributed by atoms with Gasteiger partial charge in [-0.3, -0.25) is 9.59 Å². The Kier molecular flexibility index (Phi) is 4.74. The Bertz CT molecular complexity index is 475. The van der Waals surface area contributed by atoms with Crippen LogP contribution in [-0.2, 0) is 20.7 Å². The molecule has 1 aliphatic rings. The van der Waals surface area contributed by atoms with Crippen LogP contribution in [0.3, 0.4) is 0 Å². The van der Waals surface area contributed by atoms with Gasteiger partial charge in [0.05, 0.1) is 12.6 Å². The Morgan fingerprint density at radius 2 is 2.05 bits per heavy atom. The summed E-state index contributed by atoms with van der Waals surface area (Å²) in [5.74, 6) is -0.161. The minimum atomic E-state index is -0.462. The smallest absolute Gasteiger partial charge is 0.243 e. The monoisotopic (exact) mass is 276 g/mol. The molecule has 2 amide bonds. The number of carbonyl (C=O) groups excluding carboxylic acids is 2. The lowest BCUT2D eigenvalue weighted by Crippen LogP contribution is -2.60. The lowest BCUT2D eigenvalue weighted by atomic mass is 10.0. The molecule has 2 rings (SSSR count). The number of hydrogen-bond donors (Lipinski definition) is 1. The maximum atomic E-state index is 12.1. The van der Waals surface area contributed by atoms with Crippen LogP contribution in [0.4, 0.5) is 0 Å². The third kappa shape index (κ3) is 3.36. The second-order valence-corrected chi connectivity index (χ2v) is 5.02. The SMILES string of the molecule is COC(C)CN1C(=O)CNC(=O)C1Cc1ccccc1. The zero-order valence-electron chi connectivity index (χ0n) is 11.8. The van der Waals surface area contributed by atoms with Crippen LogP contribution in [0.15, 0.2) is 30.3 Å². The molecule has 1 heterocycles. The van der Waals surface area contributed by atoms with Gasteiger partial charge in [0.2, 0.25) is 11.8 Å². The fraction of sp³-hybridized carbons (Fsp3) is 0.467. The molecule has 0 saturated carbocycles. The second kappa shape index (κ2) is 6.52. The van der Waals surface area contributed by atoms with Crippen molar-refractivity contribution >= 4 is 11.8 Å². The van der Waals surface area contributed by atoms with E-state index in [1.54, 1.807) is 12.0 Å². The van der Waals surface area contributed by atoms with E-state index >= 15 is 0 Å². The maximum absolute atomic E-state index is 12.1. The van der Waals surface area contributed by atoms with Crippen molar-refractivity contribution in [3.05, 3.63) is 35.9 Å². The zero-order valence-corrected chi connectivity index (χ0v) is 11.8. The molecule has 2 unspecified atom stereocenters. The van der Waals surface area contributed by atoms with Crippen LogP contribution < -0.4 is 5.32 Å². The summed E-state index contributed by atoms with van der Waals surface area (Å²) in [6.07, 6.45) is 0.428. The summed E-state index contributed by atoms with van der Waals surface area (Å²) in [4.78, 5) is 25.8. The van der Waals surface area contributed by atoms with E-state index in [2.05, 4.69) is 5.32 Å². The van der Waals surface area contributed by atoms with Gasteiger partial charge in [-0.15, -0.1) is 0 Å². The molecule has 1 N–H and O–H groups in total. The molecule has 0 radical (unpaired) electrons. The number of methoxy groups -OCH3 is 1. The van der Waals surface area contributed by atoms with E-state index in [1.807, 2.05) is 37.3 Å². The Balaban J connectivity index is 2.15. The van der Waals surface area contributed by atoms with Crippen LogP contribution >= 0.6 is 0 Å². The van der Waals surface area contributed by atoms with Gasteiger partial charge >= 0.3 is 0 Å². The Labute approximate surface area is 118 Å². The molecule has 5 heteroatoms. The second-order valence-electron chi connectivity index (χ2n) is 5.02. The number of carbonyl (C=O) groups is 2. The van der Waals surface area contributed by atoms with Gasteiger partial charge in [0.1, 0.15) is 6.04 Å². The molecule has 1 aliphatic heterocycles. The fourth-order valence-corrected chi connectivity index (χ4v) is 2.32. The van der Waals surface area contributed by atoms with E-state index in [0.29, 0.717) is 13.0 Å². The van der Waals surface area contributed by atoms with Gasteiger partial charge < -0.3 is 15.0 Å². The number of nitrogens with zero attached hydrogens (tertiary/aromatic N) is 1. The number of ether oxygens (including phenoxy) is 1. The largest absolute Gasteiger partial charge is 0.380 e. The van der Waals surface area contributed by atoms with Crippen LogP contribution in [0.5, 0.6) is 0 Å². The first-order valence-electron chi connectivity index (χ1n) is 6.75. The summed E-state index contributed by atoms with van der Waals surface area (Å²) in [7, 11) is 1.60. The lowest BCUT2D eigenvalue weighted by Gasteiger charge is -2.36. The highest BCUT2D eigenvalue weighted by Gasteiger charge is 2.35. The molecular weight excluding hydrogens is 256 g/mol. The molecule has 1 fully saturated rings. The van der Waals surface area contributed by atoms with Crippen molar-refractivity contribution in [3.8, 4) is 0 Å². The molecule has 20 heavy (non-hydrogen) atoms. The first-order chi connectivity index (χ1) is 9.61. The average Bonchev–Trinajstić information content (AvgIpc) is 2.47. The number of rotatable bonds is 5. The number of benzene rings is 1. The van der Waals surface area contributed by atoms with E-state index in [1.165, 1.54) is 0 Å². The van der Waals surface area contributed by atoms with Crippen molar-refractivity contribution in [2.24, 2.45) is 0 Å². The fourth-order valence-electron chi connectivity index (χ4n) is 2.32. The van der Waals surface area contributed by atoms with Gasteiger partial charge in [-0.05, 0) is 12.5 Å². The van der Waals surface area contributed by atoms with E-state index < -0.39 is 6.04 Å². The predicted molar refractivity (Wildman–Crippen MR) is 75.1 cm³/mol. The summed E-state index contributed by atoms with van der Waals surface area (Å²) in [5, 5.41) is 2.65. The van der Waals surface area contributed by atoms with Crippen molar-refractivity contribution in [1.29, 1.82) is 0 Å². The van der Waals surface area contributed by atoms with Gasteiger partial charge in [-0.2, -0.15) is 0 Å². The van der Waals surface area contributed by atoms with Crippen molar-refractivity contribution < 1.29 is 14.3 Å². The third-order valence-electron chi connectivity index (χ3n) is 3.54. The predicted octanol–water partition coefficient (Wildman–Crippen LogP) is 0.591. The minimum absolute atomic E-state index is 0.0607. The van der Waals surface area contributed by atoms with Crippen molar-refractivity contribution in [2.45, 2.75) is 25.5 Å². The molecule has 108 valence electrons. The van der Waals surface area contributed by atoms with Crippen LogP contribution in [0.1, 0.15) is 12.5 Å². The molecule has 1 saturated heterocycles. The highest BCUT2D eigenvalue weighted by Crippen LogP contribution is 2.14. The molecule has 0 bridgehead atoms. The molecule has 1 aromatic rings. The molecule has 0 aliphatic carbocycles. The van der Waals surface area contributed by atoms with Crippen molar-refractivity contribution in [1.82, 2.24) is 10.2 Å². The van der Waals surface area contributed by atoms with Crippen LogP contribution in [0, 0.1) is 0 Å². The Morgan fingerprint density at radius 1 is 1.35 bits per heavy atom. The van der Waals surface area contributed by atoms with Gasteiger partial charge in [-0.1, -0.05) is 30.3 Å². The first kappa shape index (κ1) is 14.5. The summed E-state index contributed by atoms with van der Waals surface area (Å²) in [6.45, 7) is 2.39. The summed E-state index contributed by atoms with van der Waals surface area (Å²) >= 11 is 0. The third-order valence-corrected chi connectivity index (χ3v) is 3.54. The number of amides is 2. The summed E-state index contributed by atoms with van der Waals surface area (Å²) in [5.41, 5.74) is 1.04. The molecular formula is C15H20N2O3. The number of nitrogens with one attached hydrogen (secondary N) is 1. The van der Waals surface area contributed by atoms with Crippen molar-refractivity contribution in [2.75, 3.05) is 20.2 Å². The molecule has 0 aromatic heterocycles. The van der Waals surface area contributed by atoms with Crippen LogP contribution in [-0.4, -0.2) is 49.1 Å².